The fraction of sp³-hybridized carbons (Fsp3) is 0.450. The summed E-state index contributed by atoms with van der Waals surface area (Å²) in [5.41, 5.74) is -0.867. The van der Waals surface area contributed by atoms with Gasteiger partial charge in [0, 0.05) is 11.6 Å². The summed E-state index contributed by atoms with van der Waals surface area (Å²) in [6, 6.07) is 9.52. The number of carbonyl (C=O) groups is 2. The summed E-state index contributed by atoms with van der Waals surface area (Å²) in [5.74, 6) is -0.844. The first kappa shape index (κ1) is 17.0. The van der Waals surface area contributed by atoms with E-state index in [4.69, 9.17) is 4.74 Å². The predicted molar refractivity (Wildman–Crippen MR) is 98.6 cm³/mol. The summed E-state index contributed by atoms with van der Waals surface area (Å²) in [7, 11) is 0. The summed E-state index contributed by atoms with van der Waals surface area (Å²) in [6.07, 6.45) is 2.11. The molecular formula is C20H23N3O3. The number of benzene rings is 1. The number of pyridine rings is 1. The Morgan fingerprint density at radius 2 is 1.96 bits per heavy atom. The maximum Gasteiger partial charge on any atom is 0.326 e. The van der Waals surface area contributed by atoms with Crippen molar-refractivity contribution in [2.75, 3.05) is 5.32 Å². The molecule has 2 bridgehead atoms. The van der Waals surface area contributed by atoms with Gasteiger partial charge in [-0.2, -0.15) is 0 Å². The van der Waals surface area contributed by atoms with E-state index in [1.165, 1.54) is 0 Å². The number of cyclic esters (lactones) is 1. The van der Waals surface area contributed by atoms with Crippen LogP contribution in [0.1, 0.15) is 34.1 Å². The lowest BCUT2D eigenvalue weighted by molar-refractivity contribution is -0.182. The number of amides is 1. The van der Waals surface area contributed by atoms with Gasteiger partial charge in [0.25, 0.3) is 0 Å². The summed E-state index contributed by atoms with van der Waals surface area (Å²) >= 11 is 0. The fourth-order valence-corrected chi connectivity index (χ4v) is 4.26. The van der Waals surface area contributed by atoms with Crippen LogP contribution in [0.25, 0.3) is 10.9 Å². The number of hydrogen-bond acceptors (Lipinski definition) is 5. The lowest BCUT2D eigenvalue weighted by atomic mass is 9.74. The Labute approximate surface area is 152 Å². The maximum absolute atomic E-state index is 13.2. The van der Waals surface area contributed by atoms with Crippen LogP contribution in [0.4, 0.5) is 5.69 Å². The molecule has 0 saturated carbocycles. The second-order valence-electron chi connectivity index (χ2n) is 8.19. The van der Waals surface area contributed by atoms with Crippen LogP contribution >= 0.6 is 0 Å². The van der Waals surface area contributed by atoms with Crippen molar-refractivity contribution in [2.24, 2.45) is 5.92 Å². The van der Waals surface area contributed by atoms with E-state index < -0.39 is 22.6 Å². The number of nitrogens with one attached hydrogen (secondary N) is 2. The van der Waals surface area contributed by atoms with Crippen molar-refractivity contribution in [3.63, 3.8) is 0 Å². The molecule has 0 spiro atoms. The normalized spacial score (nSPS) is 32.3. The molecule has 0 unspecified atom stereocenters. The van der Waals surface area contributed by atoms with E-state index in [1.807, 2.05) is 51.1 Å². The van der Waals surface area contributed by atoms with Gasteiger partial charge in [-0.15, -0.1) is 0 Å². The SMILES string of the molecule is CC1(C)OC(=O)[C@]2(C)C[C@@H](C(=O)Nc3cccc4cccnc34)[C@@]1(C)N2. The van der Waals surface area contributed by atoms with Crippen LogP contribution in [0, 0.1) is 5.92 Å². The number of rotatable bonds is 2. The molecular weight excluding hydrogens is 330 g/mol. The first-order valence-corrected chi connectivity index (χ1v) is 8.84. The van der Waals surface area contributed by atoms with Crippen LogP contribution in [-0.4, -0.2) is 33.5 Å². The molecule has 6 nitrogen and oxygen atoms in total. The molecule has 1 aromatic carbocycles. The number of morpholine rings is 1. The first-order chi connectivity index (χ1) is 12.2. The monoisotopic (exact) mass is 353 g/mol. The molecule has 3 atom stereocenters. The Hall–Kier alpha value is -2.47. The Morgan fingerprint density at radius 3 is 2.73 bits per heavy atom. The average molecular weight is 353 g/mol. The van der Waals surface area contributed by atoms with Crippen LogP contribution in [0.3, 0.4) is 0 Å². The van der Waals surface area contributed by atoms with Crippen LogP contribution in [0.15, 0.2) is 36.5 Å². The Bertz CT molecular complexity index is 920. The zero-order valence-corrected chi connectivity index (χ0v) is 15.4. The Kier molecular flexibility index (Phi) is 3.44. The highest BCUT2D eigenvalue weighted by molar-refractivity contribution is 6.02. The second-order valence-corrected chi connectivity index (χ2v) is 8.19. The van der Waals surface area contributed by atoms with Gasteiger partial charge in [-0.1, -0.05) is 18.2 Å². The maximum atomic E-state index is 13.2. The lowest BCUT2D eigenvalue weighted by Gasteiger charge is -2.48. The largest absolute Gasteiger partial charge is 0.456 e. The molecule has 2 aliphatic heterocycles. The minimum atomic E-state index is -0.844. The zero-order chi connectivity index (χ0) is 18.7. The van der Waals surface area contributed by atoms with Crippen molar-refractivity contribution in [3.8, 4) is 0 Å². The number of hydrogen-bond donors (Lipinski definition) is 2. The quantitative estimate of drug-likeness (QED) is 0.812. The summed E-state index contributed by atoms with van der Waals surface area (Å²) in [5, 5.41) is 7.38. The molecule has 2 aromatic rings. The lowest BCUT2D eigenvalue weighted by Crippen LogP contribution is -2.70. The number of ether oxygens (including phenoxy) is 1. The number of aromatic nitrogens is 1. The van der Waals surface area contributed by atoms with Crippen molar-refractivity contribution in [2.45, 2.75) is 50.8 Å². The molecule has 0 radical (unpaired) electrons. The smallest absolute Gasteiger partial charge is 0.326 e. The van der Waals surface area contributed by atoms with Crippen molar-refractivity contribution in [1.82, 2.24) is 10.3 Å². The standard InChI is InChI=1S/C20H23N3O3/c1-18(2)20(4)13(11-19(3,23-20)17(25)26-18)16(24)22-14-9-5-7-12-8-6-10-21-15(12)14/h5-10,13,23H,11H2,1-4H3,(H,22,24)/t13-,19-,20+/m0/s1. The van der Waals surface area contributed by atoms with Crippen LogP contribution in [-0.2, 0) is 14.3 Å². The van der Waals surface area contributed by atoms with Crippen LogP contribution in [0.5, 0.6) is 0 Å². The van der Waals surface area contributed by atoms with E-state index in [0.29, 0.717) is 12.1 Å². The molecule has 4 rings (SSSR count). The zero-order valence-electron chi connectivity index (χ0n) is 15.4. The fourth-order valence-electron chi connectivity index (χ4n) is 4.26. The molecule has 0 aliphatic carbocycles. The molecule has 1 aromatic heterocycles. The van der Waals surface area contributed by atoms with E-state index in [-0.39, 0.29) is 11.9 Å². The van der Waals surface area contributed by atoms with Gasteiger partial charge in [0.1, 0.15) is 11.1 Å². The Morgan fingerprint density at radius 1 is 1.23 bits per heavy atom. The van der Waals surface area contributed by atoms with E-state index in [1.54, 1.807) is 13.1 Å². The average Bonchev–Trinajstić information content (AvgIpc) is 2.86. The molecule has 2 saturated heterocycles. The molecule has 2 fully saturated rings. The van der Waals surface area contributed by atoms with Crippen LogP contribution < -0.4 is 10.6 Å². The van der Waals surface area contributed by atoms with E-state index >= 15 is 0 Å². The number of esters is 1. The third-order valence-electron chi connectivity index (χ3n) is 6.10. The highest BCUT2D eigenvalue weighted by Crippen LogP contribution is 2.49. The number of para-hydroxylation sites is 1. The highest BCUT2D eigenvalue weighted by atomic mass is 16.6. The van der Waals surface area contributed by atoms with Gasteiger partial charge in [-0.05, 0) is 46.2 Å². The third-order valence-corrected chi connectivity index (χ3v) is 6.10. The molecule has 136 valence electrons. The van der Waals surface area contributed by atoms with Gasteiger partial charge in [-0.3, -0.25) is 19.9 Å². The molecule has 2 aliphatic rings. The minimum Gasteiger partial charge on any atom is -0.456 e. The Balaban J connectivity index is 1.69. The number of anilines is 1. The second kappa shape index (κ2) is 5.27. The molecule has 1 amide bonds. The molecule has 6 heteroatoms. The van der Waals surface area contributed by atoms with Crippen molar-refractivity contribution >= 4 is 28.5 Å². The van der Waals surface area contributed by atoms with Gasteiger partial charge < -0.3 is 10.1 Å². The molecule has 2 N–H and O–H groups in total. The number of carbonyl (C=O) groups excluding carboxylic acids is 2. The van der Waals surface area contributed by atoms with Gasteiger partial charge in [0.2, 0.25) is 5.91 Å². The van der Waals surface area contributed by atoms with E-state index in [0.717, 1.165) is 10.9 Å². The highest BCUT2D eigenvalue weighted by Gasteiger charge is 2.67. The molecule has 26 heavy (non-hydrogen) atoms. The third kappa shape index (κ3) is 2.25. The van der Waals surface area contributed by atoms with E-state index in [2.05, 4.69) is 15.6 Å². The van der Waals surface area contributed by atoms with E-state index in [9.17, 15) is 9.59 Å². The molecule has 3 heterocycles. The number of fused-ring (bicyclic) bond motifs is 3. The summed E-state index contributed by atoms with van der Waals surface area (Å²) in [4.78, 5) is 30.0. The van der Waals surface area contributed by atoms with Crippen molar-refractivity contribution in [3.05, 3.63) is 36.5 Å². The van der Waals surface area contributed by atoms with Crippen LogP contribution in [0.2, 0.25) is 0 Å². The van der Waals surface area contributed by atoms with Gasteiger partial charge in [0.15, 0.2) is 0 Å². The first-order valence-electron chi connectivity index (χ1n) is 8.84. The predicted octanol–water partition coefficient (Wildman–Crippen LogP) is 2.64. The van der Waals surface area contributed by atoms with Gasteiger partial charge in [-0.25, -0.2) is 0 Å². The minimum absolute atomic E-state index is 0.131. The van der Waals surface area contributed by atoms with Gasteiger partial charge >= 0.3 is 5.97 Å². The van der Waals surface area contributed by atoms with Crippen molar-refractivity contribution < 1.29 is 14.3 Å². The number of nitrogens with zero attached hydrogens (tertiary/aromatic N) is 1. The van der Waals surface area contributed by atoms with Crippen molar-refractivity contribution in [1.29, 1.82) is 0 Å². The summed E-state index contributed by atoms with van der Waals surface area (Å²) < 4.78 is 5.67. The topological polar surface area (TPSA) is 80.3 Å². The summed E-state index contributed by atoms with van der Waals surface area (Å²) in [6.45, 7) is 7.46. The van der Waals surface area contributed by atoms with Gasteiger partial charge in [0.05, 0.1) is 22.7 Å².